The Kier molecular flexibility index (Phi) is 8.42. The van der Waals surface area contributed by atoms with Crippen molar-refractivity contribution in [3.8, 4) is 17.0 Å². The summed E-state index contributed by atoms with van der Waals surface area (Å²) < 4.78 is 5.57. The summed E-state index contributed by atoms with van der Waals surface area (Å²) in [6.45, 7) is 4.40. The molecule has 0 fully saturated rings. The predicted molar refractivity (Wildman–Crippen MR) is 109 cm³/mol. The fourth-order valence-corrected chi connectivity index (χ4v) is 3.84. The summed E-state index contributed by atoms with van der Waals surface area (Å²) in [5.41, 5.74) is 3.50. The summed E-state index contributed by atoms with van der Waals surface area (Å²) in [7, 11) is 3.70. The van der Waals surface area contributed by atoms with Crippen molar-refractivity contribution >= 4 is 11.3 Å². The van der Waals surface area contributed by atoms with Gasteiger partial charge in [0.25, 0.3) is 0 Å². The highest BCUT2D eigenvalue weighted by Crippen LogP contribution is 2.33. The van der Waals surface area contributed by atoms with Crippen LogP contribution in [0, 0.1) is 0 Å². The van der Waals surface area contributed by atoms with Gasteiger partial charge in [0.2, 0.25) is 0 Å². The summed E-state index contributed by atoms with van der Waals surface area (Å²) in [6.07, 6.45) is 9.11. The predicted octanol–water partition coefficient (Wildman–Crippen LogP) is 6.00. The van der Waals surface area contributed by atoms with Crippen molar-refractivity contribution in [3.05, 3.63) is 34.2 Å². The SMILES string of the molecule is CCCCCCCCc1ccc(OC)c(-c2csc(C(C)NC)n2)c1. The number of thiazole rings is 1. The Morgan fingerprint density at radius 2 is 1.92 bits per heavy atom. The summed E-state index contributed by atoms with van der Waals surface area (Å²) in [4.78, 5) is 4.81. The molecule has 0 amide bonds. The van der Waals surface area contributed by atoms with E-state index in [1.165, 1.54) is 44.1 Å². The zero-order valence-corrected chi connectivity index (χ0v) is 16.9. The van der Waals surface area contributed by atoms with Crippen LogP contribution in [0.25, 0.3) is 11.3 Å². The Morgan fingerprint density at radius 1 is 1.16 bits per heavy atom. The number of aryl methyl sites for hydroxylation is 1. The van der Waals surface area contributed by atoms with Crippen LogP contribution in [0.3, 0.4) is 0 Å². The smallest absolute Gasteiger partial charge is 0.128 e. The molecule has 1 aromatic heterocycles. The summed E-state index contributed by atoms with van der Waals surface area (Å²) in [5, 5.41) is 6.50. The molecule has 0 saturated carbocycles. The van der Waals surface area contributed by atoms with E-state index >= 15 is 0 Å². The van der Waals surface area contributed by atoms with E-state index in [9.17, 15) is 0 Å². The summed E-state index contributed by atoms with van der Waals surface area (Å²) >= 11 is 1.70. The van der Waals surface area contributed by atoms with Crippen molar-refractivity contribution in [2.75, 3.05) is 14.2 Å². The fraction of sp³-hybridized carbons (Fsp3) is 0.571. The van der Waals surface area contributed by atoms with Crippen LogP contribution in [-0.4, -0.2) is 19.1 Å². The molecule has 1 heterocycles. The number of hydrogen-bond acceptors (Lipinski definition) is 4. The molecule has 3 nitrogen and oxygen atoms in total. The molecular weight excluding hydrogens is 328 g/mol. The standard InChI is InChI=1S/C21H32N2OS/c1-5-6-7-8-9-10-11-17-12-13-20(24-4)18(14-17)19-15-25-21(23-19)16(2)22-3/h12-16,22H,5-11H2,1-4H3. The number of rotatable bonds is 11. The second-order valence-electron chi connectivity index (χ2n) is 6.63. The minimum absolute atomic E-state index is 0.274. The van der Waals surface area contributed by atoms with Gasteiger partial charge in [0.1, 0.15) is 10.8 Å². The molecule has 1 N–H and O–H groups in total. The third-order valence-electron chi connectivity index (χ3n) is 4.68. The monoisotopic (exact) mass is 360 g/mol. The second kappa shape index (κ2) is 10.6. The van der Waals surface area contributed by atoms with E-state index < -0.39 is 0 Å². The first-order valence-corrected chi connectivity index (χ1v) is 10.4. The number of unbranched alkanes of at least 4 members (excludes halogenated alkanes) is 5. The van der Waals surface area contributed by atoms with Crippen LogP contribution in [0.5, 0.6) is 5.75 Å². The van der Waals surface area contributed by atoms with Crippen LogP contribution >= 0.6 is 11.3 Å². The Hall–Kier alpha value is -1.39. The van der Waals surface area contributed by atoms with E-state index in [0.717, 1.165) is 28.4 Å². The molecule has 0 aliphatic heterocycles. The number of methoxy groups -OCH3 is 1. The third-order valence-corrected chi connectivity index (χ3v) is 5.71. The number of nitrogens with one attached hydrogen (secondary N) is 1. The van der Waals surface area contributed by atoms with Gasteiger partial charge in [-0.15, -0.1) is 11.3 Å². The lowest BCUT2D eigenvalue weighted by atomic mass is 10.0. The summed E-state index contributed by atoms with van der Waals surface area (Å²) in [5.74, 6) is 0.903. The van der Waals surface area contributed by atoms with Crippen molar-refractivity contribution in [2.24, 2.45) is 0 Å². The first-order valence-electron chi connectivity index (χ1n) is 9.49. The first kappa shape index (κ1) is 19.9. The molecule has 0 saturated heterocycles. The molecule has 1 unspecified atom stereocenters. The maximum atomic E-state index is 5.57. The van der Waals surface area contributed by atoms with E-state index in [4.69, 9.17) is 9.72 Å². The fourth-order valence-electron chi connectivity index (χ4n) is 2.95. The molecule has 25 heavy (non-hydrogen) atoms. The Labute approximate surface area is 156 Å². The van der Waals surface area contributed by atoms with Crippen LogP contribution in [0.4, 0.5) is 0 Å². The van der Waals surface area contributed by atoms with Gasteiger partial charge in [-0.3, -0.25) is 0 Å². The van der Waals surface area contributed by atoms with Gasteiger partial charge in [-0.25, -0.2) is 4.98 Å². The van der Waals surface area contributed by atoms with E-state index in [1.807, 2.05) is 7.05 Å². The van der Waals surface area contributed by atoms with Gasteiger partial charge in [-0.2, -0.15) is 0 Å². The second-order valence-corrected chi connectivity index (χ2v) is 7.52. The zero-order valence-electron chi connectivity index (χ0n) is 16.1. The molecular formula is C21H32N2OS. The van der Waals surface area contributed by atoms with Gasteiger partial charge in [-0.05, 0) is 44.5 Å². The van der Waals surface area contributed by atoms with Crippen molar-refractivity contribution in [1.82, 2.24) is 10.3 Å². The minimum Gasteiger partial charge on any atom is -0.496 e. The minimum atomic E-state index is 0.274. The molecule has 1 aromatic carbocycles. The number of aromatic nitrogens is 1. The molecule has 4 heteroatoms. The average Bonchev–Trinajstić information content (AvgIpc) is 3.13. The third kappa shape index (κ3) is 5.82. The molecule has 138 valence electrons. The number of ether oxygens (including phenoxy) is 1. The molecule has 2 aromatic rings. The highest BCUT2D eigenvalue weighted by molar-refractivity contribution is 7.10. The van der Waals surface area contributed by atoms with Crippen LogP contribution in [-0.2, 0) is 6.42 Å². The normalized spacial score (nSPS) is 12.3. The maximum absolute atomic E-state index is 5.57. The van der Waals surface area contributed by atoms with E-state index in [0.29, 0.717) is 0 Å². The van der Waals surface area contributed by atoms with Crippen molar-refractivity contribution < 1.29 is 4.74 Å². The van der Waals surface area contributed by atoms with Crippen molar-refractivity contribution in [2.45, 2.75) is 64.8 Å². The first-order chi connectivity index (χ1) is 12.2. The summed E-state index contributed by atoms with van der Waals surface area (Å²) in [6, 6.07) is 6.81. The highest BCUT2D eigenvalue weighted by atomic mass is 32.1. The van der Waals surface area contributed by atoms with E-state index in [2.05, 4.69) is 42.7 Å². The Balaban J connectivity index is 2.05. The molecule has 0 bridgehead atoms. The molecule has 0 radical (unpaired) electrons. The highest BCUT2D eigenvalue weighted by Gasteiger charge is 2.13. The quantitative estimate of drug-likeness (QED) is 0.499. The van der Waals surface area contributed by atoms with Gasteiger partial charge in [0, 0.05) is 10.9 Å². The molecule has 0 aliphatic carbocycles. The van der Waals surface area contributed by atoms with Gasteiger partial charge in [0.15, 0.2) is 0 Å². The lowest BCUT2D eigenvalue weighted by Gasteiger charge is -2.10. The van der Waals surface area contributed by atoms with E-state index in [-0.39, 0.29) is 6.04 Å². The van der Waals surface area contributed by atoms with Crippen molar-refractivity contribution in [3.63, 3.8) is 0 Å². The van der Waals surface area contributed by atoms with Gasteiger partial charge >= 0.3 is 0 Å². The van der Waals surface area contributed by atoms with Crippen LogP contribution < -0.4 is 10.1 Å². The lowest BCUT2D eigenvalue weighted by Crippen LogP contribution is -2.11. The number of hydrogen-bond donors (Lipinski definition) is 1. The van der Waals surface area contributed by atoms with Crippen LogP contribution in [0.15, 0.2) is 23.6 Å². The molecule has 1 atom stereocenters. The Morgan fingerprint density at radius 3 is 2.64 bits per heavy atom. The van der Waals surface area contributed by atoms with Gasteiger partial charge in [0.05, 0.1) is 18.8 Å². The van der Waals surface area contributed by atoms with Gasteiger partial charge in [-0.1, -0.05) is 45.1 Å². The largest absolute Gasteiger partial charge is 0.496 e. The lowest BCUT2D eigenvalue weighted by molar-refractivity contribution is 0.416. The van der Waals surface area contributed by atoms with Gasteiger partial charge < -0.3 is 10.1 Å². The van der Waals surface area contributed by atoms with Crippen LogP contribution in [0.2, 0.25) is 0 Å². The van der Waals surface area contributed by atoms with E-state index in [1.54, 1.807) is 18.4 Å². The average molecular weight is 361 g/mol. The zero-order chi connectivity index (χ0) is 18.1. The molecule has 0 spiro atoms. The van der Waals surface area contributed by atoms with Crippen LogP contribution in [0.1, 0.15) is 69.0 Å². The van der Waals surface area contributed by atoms with Crippen molar-refractivity contribution in [1.29, 1.82) is 0 Å². The topological polar surface area (TPSA) is 34.1 Å². The Bertz CT molecular complexity index is 639. The molecule has 0 aliphatic rings. The maximum Gasteiger partial charge on any atom is 0.128 e. The number of benzene rings is 1. The number of nitrogens with zero attached hydrogens (tertiary/aromatic N) is 1. The molecule has 2 rings (SSSR count).